The van der Waals surface area contributed by atoms with E-state index in [-0.39, 0.29) is 5.50 Å². The molecule has 110 valence electrons. The lowest BCUT2D eigenvalue weighted by Gasteiger charge is -2.36. The summed E-state index contributed by atoms with van der Waals surface area (Å²) in [4.78, 5) is 5.11. The van der Waals surface area contributed by atoms with Crippen LogP contribution >= 0.6 is 11.6 Å². The molecular weight excluding hydrogens is 256 g/mol. The zero-order valence-corrected chi connectivity index (χ0v) is 13.5. The summed E-state index contributed by atoms with van der Waals surface area (Å²) in [7, 11) is 0. The van der Waals surface area contributed by atoms with E-state index in [1.807, 2.05) is 0 Å². The Balaban J connectivity index is 2.01. The lowest BCUT2D eigenvalue weighted by molar-refractivity contribution is 0.184. The van der Waals surface area contributed by atoms with E-state index in [0.717, 1.165) is 19.5 Å². The first-order valence-electron chi connectivity index (χ1n) is 7.88. The molecule has 0 N–H and O–H groups in total. The predicted molar refractivity (Wildman–Crippen MR) is 83.7 cm³/mol. The van der Waals surface area contributed by atoms with Gasteiger partial charge >= 0.3 is 0 Å². The molecule has 2 aliphatic heterocycles. The van der Waals surface area contributed by atoms with Crippen molar-refractivity contribution >= 4 is 11.6 Å². The van der Waals surface area contributed by atoms with Crippen LogP contribution in [-0.2, 0) is 0 Å². The molecule has 2 nitrogen and oxygen atoms in total. The molecule has 0 aromatic heterocycles. The van der Waals surface area contributed by atoms with Gasteiger partial charge in [0.2, 0.25) is 0 Å². The van der Waals surface area contributed by atoms with Crippen molar-refractivity contribution < 1.29 is 0 Å². The number of allylic oxidation sites excluding steroid dienone is 1. The van der Waals surface area contributed by atoms with Crippen molar-refractivity contribution in [2.75, 3.05) is 26.2 Å². The molecule has 2 unspecified atom stereocenters. The SMILES string of the molecule is CC(C)=C(CN1CCCC1Cl)C(C)N1CCCCC1. The molecule has 0 aromatic carbocycles. The Bertz CT molecular complexity index is 317. The van der Waals surface area contributed by atoms with Crippen molar-refractivity contribution in [3.05, 3.63) is 11.1 Å². The fourth-order valence-corrected chi connectivity index (χ4v) is 3.74. The van der Waals surface area contributed by atoms with Crippen LogP contribution in [0.25, 0.3) is 0 Å². The molecule has 0 aliphatic carbocycles. The number of alkyl halides is 1. The van der Waals surface area contributed by atoms with Gasteiger partial charge in [-0.15, -0.1) is 11.6 Å². The molecule has 0 spiro atoms. The molecule has 19 heavy (non-hydrogen) atoms. The Morgan fingerprint density at radius 2 is 1.79 bits per heavy atom. The highest BCUT2D eigenvalue weighted by Gasteiger charge is 2.27. The van der Waals surface area contributed by atoms with Crippen LogP contribution in [0.1, 0.15) is 52.9 Å². The second-order valence-corrected chi connectivity index (χ2v) is 6.85. The third kappa shape index (κ3) is 3.96. The van der Waals surface area contributed by atoms with E-state index in [4.69, 9.17) is 11.6 Å². The average molecular weight is 285 g/mol. The van der Waals surface area contributed by atoms with E-state index in [2.05, 4.69) is 30.6 Å². The summed E-state index contributed by atoms with van der Waals surface area (Å²) >= 11 is 6.41. The minimum absolute atomic E-state index is 0.253. The van der Waals surface area contributed by atoms with Gasteiger partial charge in [0, 0.05) is 12.6 Å². The van der Waals surface area contributed by atoms with E-state index >= 15 is 0 Å². The maximum atomic E-state index is 6.41. The number of likely N-dealkylation sites (tertiary alicyclic amines) is 2. The van der Waals surface area contributed by atoms with Gasteiger partial charge in [-0.2, -0.15) is 0 Å². The van der Waals surface area contributed by atoms with Gasteiger partial charge in [-0.1, -0.05) is 12.0 Å². The van der Waals surface area contributed by atoms with Crippen LogP contribution < -0.4 is 0 Å². The molecule has 3 heteroatoms. The van der Waals surface area contributed by atoms with Crippen molar-refractivity contribution in [3.8, 4) is 0 Å². The summed E-state index contributed by atoms with van der Waals surface area (Å²) in [5.41, 5.74) is 3.33. The van der Waals surface area contributed by atoms with E-state index in [9.17, 15) is 0 Å². The molecule has 0 bridgehead atoms. The highest BCUT2D eigenvalue weighted by molar-refractivity contribution is 6.20. The predicted octanol–water partition coefficient (Wildman–Crippen LogP) is 3.86. The summed E-state index contributed by atoms with van der Waals surface area (Å²) in [5.74, 6) is 0. The molecule has 2 aliphatic rings. The Morgan fingerprint density at radius 3 is 2.32 bits per heavy atom. The summed E-state index contributed by atoms with van der Waals surface area (Å²) in [6.45, 7) is 11.7. The molecule has 0 radical (unpaired) electrons. The van der Waals surface area contributed by atoms with Gasteiger partial charge in [0.25, 0.3) is 0 Å². The van der Waals surface area contributed by atoms with E-state index < -0.39 is 0 Å². The zero-order chi connectivity index (χ0) is 13.8. The Hall–Kier alpha value is -0.0500. The number of nitrogens with zero attached hydrogens (tertiary/aromatic N) is 2. The normalized spacial score (nSPS) is 27.5. The van der Waals surface area contributed by atoms with Crippen molar-refractivity contribution in [1.29, 1.82) is 0 Å². The topological polar surface area (TPSA) is 6.48 Å². The average Bonchev–Trinajstić information content (AvgIpc) is 2.81. The summed E-state index contributed by atoms with van der Waals surface area (Å²) in [5, 5.41) is 0. The number of hydrogen-bond donors (Lipinski definition) is 0. The van der Waals surface area contributed by atoms with Gasteiger partial charge in [0.1, 0.15) is 0 Å². The second kappa shape index (κ2) is 7.10. The van der Waals surface area contributed by atoms with Gasteiger partial charge in [-0.25, -0.2) is 0 Å². The first-order chi connectivity index (χ1) is 9.09. The van der Waals surface area contributed by atoms with E-state index in [0.29, 0.717) is 6.04 Å². The molecule has 0 aromatic rings. The van der Waals surface area contributed by atoms with Crippen molar-refractivity contribution in [2.24, 2.45) is 0 Å². The fourth-order valence-electron chi connectivity index (χ4n) is 3.42. The van der Waals surface area contributed by atoms with Crippen molar-refractivity contribution in [1.82, 2.24) is 9.80 Å². The van der Waals surface area contributed by atoms with Crippen molar-refractivity contribution in [2.45, 2.75) is 64.4 Å². The highest BCUT2D eigenvalue weighted by Crippen LogP contribution is 2.25. The van der Waals surface area contributed by atoms with Gasteiger partial charge in [-0.3, -0.25) is 9.80 Å². The summed E-state index contributed by atoms with van der Waals surface area (Å²) < 4.78 is 0. The Kier molecular flexibility index (Phi) is 5.73. The maximum absolute atomic E-state index is 6.41. The van der Waals surface area contributed by atoms with Crippen LogP contribution in [0.5, 0.6) is 0 Å². The quantitative estimate of drug-likeness (QED) is 0.439. The number of rotatable bonds is 4. The van der Waals surface area contributed by atoms with Crippen LogP contribution in [0.4, 0.5) is 0 Å². The third-order valence-electron chi connectivity index (χ3n) is 4.74. The van der Waals surface area contributed by atoms with E-state index in [1.54, 1.807) is 5.57 Å². The third-order valence-corrected chi connectivity index (χ3v) is 5.24. The van der Waals surface area contributed by atoms with Crippen LogP contribution in [-0.4, -0.2) is 47.5 Å². The minimum Gasteiger partial charge on any atom is -0.297 e. The lowest BCUT2D eigenvalue weighted by Crippen LogP contribution is -2.42. The van der Waals surface area contributed by atoms with Gasteiger partial charge < -0.3 is 0 Å². The summed E-state index contributed by atoms with van der Waals surface area (Å²) in [6, 6.07) is 0.578. The molecule has 2 fully saturated rings. The minimum atomic E-state index is 0.253. The van der Waals surface area contributed by atoms with Gasteiger partial charge in [0.15, 0.2) is 0 Å². The standard InChI is InChI=1S/C16H29ClN2/c1-13(2)15(12-19-11-7-8-16(19)17)14(3)18-9-5-4-6-10-18/h14,16H,4-12H2,1-3H3. The summed E-state index contributed by atoms with van der Waals surface area (Å²) in [6.07, 6.45) is 6.53. The van der Waals surface area contributed by atoms with Crippen LogP contribution in [0.3, 0.4) is 0 Å². The number of halogens is 1. The first-order valence-corrected chi connectivity index (χ1v) is 8.31. The maximum Gasteiger partial charge on any atom is 0.0853 e. The molecule has 2 heterocycles. The number of hydrogen-bond acceptors (Lipinski definition) is 2. The van der Waals surface area contributed by atoms with Gasteiger partial charge in [-0.05, 0) is 71.7 Å². The Morgan fingerprint density at radius 1 is 1.11 bits per heavy atom. The molecule has 0 amide bonds. The monoisotopic (exact) mass is 284 g/mol. The Labute approximate surface area is 123 Å². The highest BCUT2D eigenvalue weighted by atomic mass is 35.5. The van der Waals surface area contributed by atoms with Gasteiger partial charge in [0.05, 0.1) is 5.50 Å². The molecule has 2 atom stereocenters. The molecule has 2 saturated heterocycles. The zero-order valence-electron chi connectivity index (χ0n) is 12.8. The molecule has 2 rings (SSSR count). The van der Waals surface area contributed by atoms with Crippen LogP contribution in [0.15, 0.2) is 11.1 Å². The molecule has 0 saturated carbocycles. The molecular formula is C16H29ClN2. The fraction of sp³-hybridized carbons (Fsp3) is 0.875. The smallest absolute Gasteiger partial charge is 0.0853 e. The lowest BCUT2D eigenvalue weighted by atomic mass is 9.99. The van der Waals surface area contributed by atoms with Crippen molar-refractivity contribution in [3.63, 3.8) is 0 Å². The van der Waals surface area contributed by atoms with E-state index in [1.165, 1.54) is 44.3 Å². The second-order valence-electron chi connectivity index (χ2n) is 6.35. The largest absolute Gasteiger partial charge is 0.297 e. The first kappa shape index (κ1) is 15.3. The van der Waals surface area contributed by atoms with Crippen LogP contribution in [0.2, 0.25) is 0 Å². The van der Waals surface area contributed by atoms with Crippen LogP contribution in [0, 0.1) is 0 Å². The number of piperidine rings is 1.